The van der Waals surface area contributed by atoms with Gasteiger partial charge in [0.15, 0.2) is 0 Å². The number of aromatic nitrogens is 1. The summed E-state index contributed by atoms with van der Waals surface area (Å²) in [6, 6.07) is 7.75. The van der Waals surface area contributed by atoms with Gasteiger partial charge in [-0.2, -0.15) is 0 Å². The van der Waals surface area contributed by atoms with Crippen molar-refractivity contribution < 1.29 is 8.78 Å². The summed E-state index contributed by atoms with van der Waals surface area (Å²) in [6.45, 7) is 0. The van der Waals surface area contributed by atoms with Crippen LogP contribution in [0.4, 0.5) is 8.78 Å². The van der Waals surface area contributed by atoms with Crippen molar-refractivity contribution in [2.24, 2.45) is 0 Å². The molecule has 0 saturated heterocycles. The summed E-state index contributed by atoms with van der Waals surface area (Å²) in [5.41, 5.74) is 1.61. The Morgan fingerprint density at radius 2 is 2.00 bits per heavy atom. The number of nitrogens with one attached hydrogen (secondary N) is 1. The summed E-state index contributed by atoms with van der Waals surface area (Å²) in [6.07, 6.45) is 3.36. The number of hydrogen-bond acceptors (Lipinski definition) is 2. The van der Waals surface area contributed by atoms with Gasteiger partial charge in [-0.25, -0.2) is 8.78 Å². The van der Waals surface area contributed by atoms with E-state index < -0.39 is 0 Å². The molecule has 2 rings (SSSR count). The fourth-order valence-electron chi connectivity index (χ4n) is 1.91. The van der Waals surface area contributed by atoms with Crippen LogP contribution in [0.5, 0.6) is 0 Å². The van der Waals surface area contributed by atoms with E-state index in [0.717, 1.165) is 11.1 Å². The van der Waals surface area contributed by atoms with E-state index in [2.05, 4.69) is 10.3 Å². The minimum absolute atomic E-state index is 0.0880. The number of hydrogen-bond donors (Lipinski definition) is 1. The van der Waals surface area contributed by atoms with E-state index in [1.54, 1.807) is 19.3 Å². The zero-order valence-corrected chi connectivity index (χ0v) is 10.0. The van der Waals surface area contributed by atoms with Crippen LogP contribution in [0.2, 0.25) is 0 Å². The second-order valence-electron chi connectivity index (χ2n) is 4.11. The topological polar surface area (TPSA) is 24.9 Å². The minimum atomic E-state index is -0.369. The quantitative estimate of drug-likeness (QED) is 0.900. The molecule has 0 saturated carbocycles. The molecule has 0 aliphatic carbocycles. The molecule has 4 heteroatoms. The van der Waals surface area contributed by atoms with Crippen molar-refractivity contribution in [1.29, 1.82) is 0 Å². The van der Waals surface area contributed by atoms with Crippen LogP contribution >= 0.6 is 0 Å². The van der Waals surface area contributed by atoms with Crippen molar-refractivity contribution in [3.63, 3.8) is 0 Å². The highest BCUT2D eigenvalue weighted by atomic mass is 19.1. The first-order chi connectivity index (χ1) is 8.69. The molecule has 2 nitrogen and oxygen atoms in total. The highest BCUT2D eigenvalue weighted by Crippen LogP contribution is 2.18. The molecule has 1 heterocycles. The van der Waals surface area contributed by atoms with Crippen LogP contribution in [0, 0.1) is 11.6 Å². The van der Waals surface area contributed by atoms with Gasteiger partial charge in [0.25, 0.3) is 0 Å². The van der Waals surface area contributed by atoms with Gasteiger partial charge in [0.2, 0.25) is 0 Å². The van der Waals surface area contributed by atoms with Gasteiger partial charge in [0, 0.05) is 12.2 Å². The lowest BCUT2D eigenvalue weighted by Crippen LogP contribution is -2.19. The monoisotopic (exact) mass is 248 g/mol. The second-order valence-corrected chi connectivity index (χ2v) is 4.11. The van der Waals surface area contributed by atoms with Crippen molar-refractivity contribution in [3.8, 4) is 0 Å². The fraction of sp³-hybridized carbons (Fsp3) is 0.214. The summed E-state index contributed by atoms with van der Waals surface area (Å²) < 4.78 is 26.2. The normalized spacial score (nSPS) is 12.4. The molecule has 0 aliphatic heterocycles. The first kappa shape index (κ1) is 12.6. The Morgan fingerprint density at radius 1 is 1.17 bits per heavy atom. The molecule has 1 N–H and O–H groups in total. The van der Waals surface area contributed by atoms with Crippen LogP contribution in [-0.2, 0) is 6.42 Å². The summed E-state index contributed by atoms with van der Waals surface area (Å²) in [7, 11) is 1.79. The van der Waals surface area contributed by atoms with E-state index in [1.807, 2.05) is 6.07 Å². The van der Waals surface area contributed by atoms with Gasteiger partial charge >= 0.3 is 0 Å². The lowest BCUT2D eigenvalue weighted by Gasteiger charge is -2.16. The van der Waals surface area contributed by atoms with Crippen LogP contribution in [0.25, 0.3) is 0 Å². The van der Waals surface area contributed by atoms with Gasteiger partial charge in [-0.15, -0.1) is 0 Å². The summed E-state index contributed by atoms with van der Waals surface area (Å²) in [5.74, 6) is -0.633. The molecule has 1 unspecified atom stereocenters. The van der Waals surface area contributed by atoms with Crippen molar-refractivity contribution in [2.75, 3.05) is 7.05 Å². The Balaban J connectivity index is 2.19. The Labute approximate surface area is 105 Å². The molecular weight excluding hydrogens is 234 g/mol. The molecular formula is C14H14F2N2. The van der Waals surface area contributed by atoms with Crippen molar-refractivity contribution >= 4 is 0 Å². The molecule has 2 aromatic rings. The van der Waals surface area contributed by atoms with Gasteiger partial charge < -0.3 is 5.32 Å². The number of likely N-dealkylation sites (N-methyl/N-ethyl adjacent to an activating group) is 1. The van der Waals surface area contributed by atoms with Gasteiger partial charge in [-0.1, -0.05) is 12.1 Å². The summed E-state index contributed by atoms with van der Waals surface area (Å²) >= 11 is 0. The molecule has 0 aliphatic rings. The maximum atomic E-state index is 13.1. The lowest BCUT2D eigenvalue weighted by atomic mass is 10.0. The molecule has 0 spiro atoms. The van der Waals surface area contributed by atoms with Crippen molar-refractivity contribution in [1.82, 2.24) is 10.3 Å². The maximum Gasteiger partial charge on any atom is 0.141 e. The van der Waals surface area contributed by atoms with Gasteiger partial charge in [-0.05, 0) is 42.8 Å². The second kappa shape index (κ2) is 5.69. The van der Waals surface area contributed by atoms with E-state index in [0.29, 0.717) is 6.42 Å². The van der Waals surface area contributed by atoms with Crippen LogP contribution in [0.1, 0.15) is 17.2 Å². The summed E-state index contributed by atoms with van der Waals surface area (Å²) in [4.78, 5) is 3.82. The fourth-order valence-corrected chi connectivity index (χ4v) is 1.91. The van der Waals surface area contributed by atoms with Crippen LogP contribution < -0.4 is 5.32 Å². The zero-order valence-electron chi connectivity index (χ0n) is 10.0. The van der Waals surface area contributed by atoms with E-state index >= 15 is 0 Å². The number of rotatable bonds is 4. The molecule has 18 heavy (non-hydrogen) atoms. The van der Waals surface area contributed by atoms with E-state index in [1.165, 1.54) is 24.4 Å². The summed E-state index contributed by atoms with van der Waals surface area (Å²) in [5, 5.41) is 3.08. The average Bonchev–Trinajstić information content (AvgIpc) is 2.36. The average molecular weight is 248 g/mol. The third-order valence-electron chi connectivity index (χ3n) is 2.81. The largest absolute Gasteiger partial charge is 0.313 e. The van der Waals surface area contributed by atoms with Gasteiger partial charge in [0.05, 0.1) is 6.20 Å². The first-order valence-corrected chi connectivity index (χ1v) is 5.71. The third kappa shape index (κ3) is 3.11. The highest BCUT2D eigenvalue weighted by Gasteiger charge is 2.11. The Bertz CT molecular complexity index is 529. The van der Waals surface area contributed by atoms with Crippen LogP contribution in [0.15, 0.2) is 42.7 Å². The zero-order chi connectivity index (χ0) is 13.0. The number of pyridine rings is 1. The Hall–Kier alpha value is -1.81. The van der Waals surface area contributed by atoms with E-state index in [4.69, 9.17) is 0 Å². The number of nitrogens with zero attached hydrogens (tertiary/aromatic N) is 1. The predicted octanol–water partition coefficient (Wildman–Crippen LogP) is 2.86. The maximum absolute atomic E-state index is 13.1. The molecule has 0 amide bonds. The predicted molar refractivity (Wildman–Crippen MR) is 66.1 cm³/mol. The SMILES string of the molecule is CNC(Cc1cccc(F)c1)c1cncc(F)c1. The van der Waals surface area contributed by atoms with E-state index in [9.17, 15) is 8.78 Å². The molecule has 0 fully saturated rings. The highest BCUT2D eigenvalue weighted by molar-refractivity contribution is 5.22. The van der Waals surface area contributed by atoms with Crippen molar-refractivity contribution in [2.45, 2.75) is 12.5 Å². The molecule has 1 aromatic carbocycles. The van der Waals surface area contributed by atoms with Crippen LogP contribution in [-0.4, -0.2) is 12.0 Å². The van der Waals surface area contributed by atoms with Gasteiger partial charge in [-0.3, -0.25) is 4.98 Å². The Kier molecular flexibility index (Phi) is 3.99. The van der Waals surface area contributed by atoms with Gasteiger partial charge in [0.1, 0.15) is 11.6 Å². The molecule has 1 atom stereocenters. The molecule has 1 aromatic heterocycles. The Morgan fingerprint density at radius 3 is 2.67 bits per heavy atom. The molecule has 0 bridgehead atoms. The number of benzene rings is 1. The molecule has 0 radical (unpaired) electrons. The smallest absolute Gasteiger partial charge is 0.141 e. The molecule has 94 valence electrons. The lowest BCUT2D eigenvalue weighted by molar-refractivity contribution is 0.568. The number of halogens is 2. The standard InChI is InChI=1S/C14H14F2N2/c1-17-14(11-7-13(16)9-18-8-11)6-10-3-2-4-12(15)5-10/h2-5,7-9,14,17H,6H2,1H3. The first-order valence-electron chi connectivity index (χ1n) is 5.71. The van der Waals surface area contributed by atoms with E-state index in [-0.39, 0.29) is 17.7 Å². The minimum Gasteiger partial charge on any atom is -0.313 e. The van der Waals surface area contributed by atoms with Crippen molar-refractivity contribution in [3.05, 3.63) is 65.5 Å². The van der Waals surface area contributed by atoms with Crippen LogP contribution in [0.3, 0.4) is 0 Å². The third-order valence-corrected chi connectivity index (χ3v) is 2.81.